The van der Waals surface area contributed by atoms with Gasteiger partial charge in [-0.1, -0.05) is 0 Å². The van der Waals surface area contributed by atoms with Crippen LogP contribution in [0, 0.1) is 0 Å². The fourth-order valence-corrected chi connectivity index (χ4v) is 0.900. The number of methoxy groups -OCH3 is 1. The number of aromatic amines is 1. The average molecular weight is 184 g/mol. The highest BCUT2D eigenvalue weighted by molar-refractivity contribution is 5.91. The molecule has 0 bridgehead atoms. The molecule has 13 heavy (non-hydrogen) atoms. The molecule has 0 aliphatic heterocycles. The summed E-state index contributed by atoms with van der Waals surface area (Å²) in [5.74, 6) is -0.252. The largest absolute Gasteiger partial charge is 0.383 e. The van der Waals surface area contributed by atoms with Crippen molar-refractivity contribution in [3.8, 4) is 0 Å². The quantitative estimate of drug-likeness (QED) is 0.665. The number of carbonyl (C=O) groups excluding carboxylic acids is 1. The molecular formula is C7H12N4O2. The van der Waals surface area contributed by atoms with Crippen LogP contribution in [0.3, 0.4) is 0 Å². The van der Waals surface area contributed by atoms with Crippen molar-refractivity contribution in [2.45, 2.75) is 13.0 Å². The zero-order valence-corrected chi connectivity index (χ0v) is 7.57. The smallest absolute Gasteiger partial charge is 0.273 e. The number of hydrogen-bond donors (Lipinski definition) is 2. The topological polar surface area (TPSA) is 79.9 Å². The Kier molecular flexibility index (Phi) is 3.39. The van der Waals surface area contributed by atoms with Crippen LogP contribution < -0.4 is 5.32 Å². The molecule has 1 unspecified atom stereocenters. The molecule has 0 fully saturated rings. The minimum absolute atomic E-state index is 0.0331. The van der Waals surface area contributed by atoms with Crippen LogP contribution >= 0.6 is 0 Å². The molecule has 0 aromatic carbocycles. The van der Waals surface area contributed by atoms with Gasteiger partial charge in [-0.15, -0.1) is 0 Å². The van der Waals surface area contributed by atoms with Crippen molar-refractivity contribution in [3.05, 3.63) is 11.9 Å². The Morgan fingerprint density at radius 2 is 2.62 bits per heavy atom. The Balaban J connectivity index is 2.42. The lowest BCUT2D eigenvalue weighted by Crippen LogP contribution is -2.35. The fourth-order valence-electron chi connectivity index (χ4n) is 0.900. The first-order valence-electron chi connectivity index (χ1n) is 3.89. The molecule has 1 amide bonds. The van der Waals surface area contributed by atoms with Gasteiger partial charge in [-0.2, -0.15) is 15.4 Å². The lowest BCUT2D eigenvalue weighted by Gasteiger charge is -2.10. The zero-order valence-electron chi connectivity index (χ0n) is 7.57. The third kappa shape index (κ3) is 2.83. The van der Waals surface area contributed by atoms with Gasteiger partial charge in [0.1, 0.15) is 0 Å². The summed E-state index contributed by atoms with van der Waals surface area (Å²) in [5, 5.41) is 12.2. The van der Waals surface area contributed by atoms with Crippen molar-refractivity contribution in [1.82, 2.24) is 20.7 Å². The van der Waals surface area contributed by atoms with E-state index in [-0.39, 0.29) is 17.6 Å². The summed E-state index contributed by atoms with van der Waals surface area (Å²) >= 11 is 0. The first kappa shape index (κ1) is 9.66. The summed E-state index contributed by atoms with van der Waals surface area (Å²) in [6.45, 7) is 2.32. The number of nitrogens with zero attached hydrogens (tertiary/aromatic N) is 2. The predicted molar refractivity (Wildman–Crippen MR) is 45.2 cm³/mol. The van der Waals surface area contributed by atoms with E-state index in [0.717, 1.165) is 0 Å². The molecule has 1 aromatic rings. The van der Waals surface area contributed by atoms with E-state index in [0.29, 0.717) is 6.61 Å². The first-order valence-corrected chi connectivity index (χ1v) is 3.89. The Labute approximate surface area is 75.7 Å². The number of ether oxygens (including phenoxy) is 1. The molecule has 1 atom stereocenters. The minimum Gasteiger partial charge on any atom is -0.383 e. The van der Waals surface area contributed by atoms with Crippen LogP contribution in [0.5, 0.6) is 0 Å². The maximum absolute atomic E-state index is 11.3. The van der Waals surface area contributed by atoms with E-state index in [9.17, 15) is 4.79 Å². The Hall–Kier alpha value is -1.43. The van der Waals surface area contributed by atoms with Crippen molar-refractivity contribution in [2.24, 2.45) is 0 Å². The molecule has 2 N–H and O–H groups in total. The summed E-state index contributed by atoms with van der Waals surface area (Å²) in [4.78, 5) is 11.3. The van der Waals surface area contributed by atoms with E-state index < -0.39 is 0 Å². The lowest BCUT2D eigenvalue weighted by molar-refractivity contribution is 0.0900. The van der Waals surface area contributed by atoms with Crippen molar-refractivity contribution < 1.29 is 9.53 Å². The highest BCUT2D eigenvalue weighted by Crippen LogP contribution is 1.90. The number of aromatic nitrogens is 3. The number of hydrogen-bond acceptors (Lipinski definition) is 4. The van der Waals surface area contributed by atoms with Gasteiger partial charge in [0.25, 0.3) is 5.91 Å². The van der Waals surface area contributed by atoms with Crippen LogP contribution in [0.2, 0.25) is 0 Å². The predicted octanol–water partition coefficient (Wildman–Crippen LogP) is -0.431. The van der Waals surface area contributed by atoms with Gasteiger partial charge >= 0.3 is 0 Å². The van der Waals surface area contributed by atoms with Crippen molar-refractivity contribution in [1.29, 1.82) is 0 Å². The number of rotatable bonds is 4. The van der Waals surface area contributed by atoms with Gasteiger partial charge in [0.05, 0.1) is 12.8 Å². The van der Waals surface area contributed by atoms with Gasteiger partial charge in [0, 0.05) is 13.2 Å². The molecule has 6 nitrogen and oxygen atoms in total. The third-order valence-corrected chi connectivity index (χ3v) is 1.44. The molecule has 0 spiro atoms. The maximum atomic E-state index is 11.3. The second-order valence-corrected chi connectivity index (χ2v) is 2.69. The molecule has 1 heterocycles. The van der Waals surface area contributed by atoms with Crippen LogP contribution in [0.15, 0.2) is 6.20 Å². The second-order valence-electron chi connectivity index (χ2n) is 2.69. The second kappa shape index (κ2) is 4.56. The van der Waals surface area contributed by atoms with Gasteiger partial charge in [-0.25, -0.2) is 0 Å². The number of nitrogens with one attached hydrogen (secondary N) is 2. The van der Waals surface area contributed by atoms with Crippen LogP contribution in [0.1, 0.15) is 17.4 Å². The highest BCUT2D eigenvalue weighted by Gasteiger charge is 2.11. The van der Waals surface area contributed by atoms with Crippen molar-refractivity contribution >= 4 is 5.91 Å². The van der Waals surface area contributed by atoms with Crippen molar-refractivity contribution in [3.63, 3.8) is 0 Å². The van der Waals surface area contributed by atoms with Gasteiger partial charge < -0.3 is 10.1 Å². The van der Waals surface area contributed by atoms with E-state index in [1.807, 2.05) is 6.92 Å². The Morgan fingerprint density at radius 1 is 1.85 bits per heavy atom. The van der Waals surface area contributed by atoms with E-state index in [1.165, 1.54) is 6.20 Å². The zero-order chi connectivity index (χ0) is 9.68. The SMILES string of the molecule is COCC(C)NC(=O)c1cn[nH]n1. The maximum Gasteiger partial charge on any atom is 0.273 e. The fraction of sp³-hybridized carbons (Fsp3) is 0.571. The molecule has 0 radical (unpaired) electrons. The highest BCUT2D eigenvalue weighted by atomic mass is 16.5. The first-order chi connectivity index (χ1) is 6.24. The van der Waals surface area contributed by atoms with Gasteiger partial charge in [0.15, 0.2) is 5.69 Å². The summed E-state index contributed by atoms with van der Waals surface area (Å²) in [7, 11) is 1.58. The average Bonchev–Trinajstić information content (AvgIpc) is 2.55. The van der Waals surface area contributed by atoms with E-state index in [4.69, 9.17) is 4.74 Å². The molecule has 6 heteroatoms. The third-order valence-electron chi connectivity index (χ3n) is 1.44. The Bertz CT molecular complexity index is 259. The summed E-state index contributed by atoms with van der Waals surface area (Å²) < 4.78 is 4.86. The van der Waals surface area contributed by atoms with Crippen LogP contribution in [-0.2, 0) is 4.74 Å². The monoisotopic (exact) mass is 184 g/mol. The standard InChI is InChI=1S/C7H12N4O2/c1-5(4-13-2)9-7(12)6-3-8-11-10-6/h3,5H,4H2,1-2H3,(H,9,12)(H,8,10,11). The summed E-state index contributed by atoms with van der Waals surface area (Å²) in [6.07, 6.45) is 1.37. The summed E-state index contributed by atoms with van der Waals surface area (Å²) in [6, 6.07) is -0.0331. The van der Waals surface area contributed by atoms with E-state index in [2.05, 4.69) is 20.7 Å². The van der Waals surface area contributed by atoms with Crippen molar-refractivity contribution in [2.75, 3.05) is 13.7 Å². The van der Waals surface area contributed by atoms with Crippen LogP contribution in [0.4, 0.5) is 0 Å². The van der Waals surface area contributed by atoms with Gasteiger partial charge in [0.2, 0.25) is 0 Å². The van der Waals surface area contributed by atoms with E-state index in [1.54, 1.807) is 7.11 Å². The van der Waals surface area contributed by atoms with E-state index >= 15 is 0 Å². The molecule has 1 aromatic heterocycles. The normalized spacial score (nSPS) is 12.5. The molecular weight excluding hydrogens is 172 g/mol. The minimum atomic E-state index is -0.252. The summed E-state index contributed by atoms with van der Waals surface area (Å²) in [5.41, 5.74) is 0.281. The number of carbonyl (C=O) groups is 1. The number of amides is 1. The molecule has 72 valence electrons. The van der Waals surface area contributed by atoms with Crippen LogP contribution in [0.25, 0.3) is 0 Å². The molecule has 0 aliphatic carbocycles. The van der Waals surface area contributed by atoms with Gasteiger partial charge in [-0.3, -0.25) is 4.79 Å². The lowest BCUT2D eigenvalue weighted by atomic mass is 10.3. The molecule has 0 aliphatic rings. The molecule has 0 saturated carbocycles. The van der Waals surface area contributed by atoms with Gasteiger partial charge in [-0.05, 0) is 6.92 Å². The number of H-pyrrole nitrogens is 1. The molecule has 0 saturated heterocycles. The Morgan fingerprint density at radius 3 is 3.15 bits per heavy atom. The van der Waals surface area contributed by atoms with Crippen LogP contribution in [-0.4, -0.2) is 41.1 Å². The molecule has 1 rings (SSSR count).